The van der Waals surface area contributed by atoms with E-state index in [-0.39, 0.29) is 5.82 Å². The Bertz CT molecular complexity index is 413. The third kappa shape index (κ3) is 2.78. The molecule has 94 valence electrons. The van der Waals surface area contributed by atoms with Crippen molar-refractivity contribution < 1.29 is 9.50 Å². The molecule has 0 amide bonds. The maximum Gasteiger partial charge on any atom is 0.126 e. The molecular formula is C14H20FNO. The van der Waals surface area contributed by atoms with Crippen LogP contribution in [0, 0.1) is 18.7 Å². The van der Waals surface area contributed by atoms with Crippen molar-refractivity contribution in [3.05, 3.63) is 29.1 Å². The quantitative estimate of drug-likeness (QED) is 0.870. The summed E-state index contributed by atoms with van der Waals surface area (Å²) in [5.74, 6) is 0.525. The van der Waals surface area contributed by atoms with Gasteiger partial charge in [0.2, 0.25) is 0 Å². The molecule has 1 aromatic rings. The van der Waals surface area contributed by atoms with Gasteiger partial charge in [-0.3, -0.25) is 0 Å². The van der Waals surface area contributed by atoms with Crippen LogP contribution in [-0.4, -0.2) is 18.7 Å². The Morgan fingerprint density at radius 1 is 1.47 bits per heavy atom. The number of aliphatic hydroxyl groups is 1. The Morgan fingerprint density at radius 2 is 2.12 bits per heavy atom. The molecule has 0 saturated heterocycles. The molecule has 0 aliphatic heterocycles. The normalized spacial score (nSPS) is 17.0. The number of aliphatic hydroxyl groups excluding tert-OH is 1. The summed E-state index contributed by atoms with van der Waals surface area (Å²) in [4.78, 5) is 2.13. The SMILES string of the molecule is Cc1cc(N(C)CC2CC2)c(C(C)O)cc1F. The minimum Gasteiger partial charge on any atom is -0.389 e. The zero-order chi connectivity index (χ0) is 12.6. The maximum atomic E-state index is 13.5. The van der Waals surface area contributed by atoms with Gasteiger partial charge in [-0.25, -0.2) is 4.39 Å². The summed E-state index contributed by atoms with van der Waals surface area (Å²) in [5, 5.41) is 9.73. The fraction of sp³-hybridized carbons (Fsp3) is 0.571. The number of rotatable bonds is 4. The van der Waals surface area contributed by atoms with Gasteiger partial charge in [-0.15, -0.1) is 0 Å². The number of halogens is 1. The predicted molar refractivity (Wildman–Crippen MR) is 67.8 cm³/mol. The lowest BCUT2D eigenvalue weighted by molar-refractivity contribution is 0.199. The van der Waals surface area contributed by atoms with Crippen molar-refractivity contribution in [2.24, 2.45) is 5.92 Å². The zero-order valence-corrected chi connectivity index (χ0v) is 10.7. The van der Waals surface area contributed by atoms with Gasteiger partial charge in [0.05, 0.1) is 6.10 Å². The smallest absolute Gasteiger partial charge is 0.126 e. The van der Waals surface area contributed by atoms with E-state index < -0.39 is 6.10 Å². The molecule has 2 rings (SSSR count). The third-order valence-corrected chi connectivity index (χ3v) is 3.40. The van der Waals surface area contributed by atoms with Crippen LogP contribution in [0.4, 0.5) is 10.1 Å². The first kappa shape index (κ1) is 12.4. The Labute approximate surface area is 102 Å². The Kier molecular flexibility index (Phi) is 3.38. The second-order valence-electron chi connectivity index (χ2n) is 5.16. The number of benzene rings is 1. The molecule has 0 bridgehead atoms. The molecular weight excluding hydrogens is 217 g/mol. The molecule has 1 aliphatic rings. The summed E-state index contributed by atoms with van der Waals surface area (Å²) in [6.07, 6.45) is 1.94. The van der Waals surface area contributed by atoms with E-state index in [0.29, 0.717) is 11.1 Å². The van der Waals surface area contributed by atoms with Crippen LogP contribution in [0.25, 0.3) is 0 Å². The van der Waals surface area contributed by atoms with Crippen LogP contribution >= 0.6 is 0 Å². The second kappa shape index (κ2) is 4.65. The number of anilines is 1. The van der Waals surface area contributed by atoms with Gasteiger partial charge in [0.15, 0.2) is 0 Å². The summed E-state index contributed by atoms with van der Waals surface area (Å²) in [6.45, 7) is 4.43. The first-order chi connectivity index (χ1) is 7.99. The van der Waals surface area contributed by atoms with Crippen LogP contribution in [0.1, 0.15) is 37.0 Å². The van der Waals surface area contributed by atoms with Crippen LogP contribution in [-0.2, 0) is 0 Å². The van der Waals surface area contributed by atoms with Gasteiger partial charge in [0.25, 0.3) is 0 Å². The van der Waals surface area contributed by atoms with Crippen LogP contribution in [0.2, 0.25) is 0 Å². The van der Waals surface area contributed by atoms with Gasteiger partial charge in [-0.2, -0.15) is 0 Å². The highest BCUT2D eigenvalue weighted by atomic mass is 19.1. The summed E-state index contributed by atoms with van der Waals surface area (Å²) >= 11 is 0. The molecule has 1 saturated carbocycles. The average molecular weight is 237 g/mol. The van der Waals surface area contributed by atoms with Crippen molar-refractivity contribution in [1.29, 1.82) is 0 Å². The molecule has 3 heteroatoms. The second-order valence-corrected chi connectivity index (χ2v) is 5.16. The molecule has 2 nitrogen and oxygen atoms in total. The van der Waals surface area contributed by atoms with E-state index in [9.17, 15) is 9.50 Å². The molecule has 1 N–H and O–H groups in total. The molecule has 0 radical (unpaired) electrons. The van der Waals surface area contributed by atoms with Crippen molar-refractivity contribution >= 4 is 5.69 Å². The standard InChI is InChI=1S/C14H20FNO/c1-9-6-14(16(3)8-11-4-5-11)12(10(2)17)7-13(9)15/h6-7,10-11,17H,4-5,8H2,1-3H3. The summed E-state index contributed by atoms with van der Waals surface area (Å²) in [6, 6.07) is 3.29. The van der Waals surface area contributed by atoms with Crippen molar-refractivity contribution in [3.8, 4) is 0 Å². The monoisotopic (exact) mass is 237 g/mol. The van der Waals surface area contributed by atoms with Crippen LogP contribution in [0.5, 0.6) is 0 Å². The lowest BCUT2D eigenvalue weighted by atomic mass is 10.0. The van der Waals surface area contributed by atoms with Crippen LogP contribution in [0.3, 0.4) is 0 Å². The van der Waals surface area contributed by atoms with E-state index in [0.717, 1.165) is 18.2 Å². The first-order valence-corrected chi connectivity index (χ1v) is 6.18. The van der Waals surface area contributed by atoms with E-state index >= 15 is 0 Å². The first-order valence-electron chi connectivity index (χ1n) is 6.18. The Balaban J connectivity index is 2.31. The third-order valence-electron chi connectivity index (χ3n) is 3.40. The molecule has 1 aliphatic carbocycles. The molecule has 0 aromatic heterocycles. The average Bonchev–Trinajstić information content (AvgIpc) is 3.04. The van der Waals surface area contributed by atoms with E-state index in [1.807, 2.05) is 13.1 Å². The van der Waals surface area contributed by atoms with Gasteiger partial charge in [0, 0.05) is 24.8 Å². The zero-order valence-electron chi connectivity index (χ0n) is 10.7. The van der Waals surface area contributed by atoms with Crippen molar-refractivity contribution in [2.45, 2.75) is 32.8 Å². The summed E-state index contributed by atoms with van der Waals surface area (Å²) in [7, 11) is 2.01. The largest absolute Gasteiger partial charge is 0.389 e. The number of hydrogen-bond acceptors (Lipinski definition) is 2. The molecule has 1 fully saturated rings. The van der Waals surface area contributed by atoms with E-state index in [1.54, 1.807) is 13.8 Å². The highest BCUT2D eigenvalue weighted by molar-refractivity contribution is 5.56. The van der Waals surface area contributed by atoms with Gasteiger partial charge in [-0.05, 0) is 50.3 Å². The van der Waals surface area contributed by atoms with E-state index in [1.165, 1.54) is 18.9 Å². The summed E-state index contributed by atoms with van der Waals surface area (Å²) in [5.41, 5.74) is 2.26. The molecule has 0 heterocycles. The number of aryl methyl sites for hydroxylation is 1. The molecule has 17 heavy (non-hydrogen) atoms. The van der Waals surface area contributed by atoms with E-state index in [2.05, 4.69) is 4.90 Å². The maximum absolute atomic E-state index is 13.5. The fourth-order valence-electron chi connectivity index (χ4n) is 2.13. The molecule has 1 unspecified atom stereocenters. The molecule has 1 aromatic carbocycles. The highest BCUT2D eigenvalue weighted by Gasteiger charge is 2.24. The fourth-order valence-corrected chi connectivity index (χ4v) is 2.13. The van der Waals surface area contributed by atoms with Crippen LogP contribution < -0.4 is 4.90 Å². The minimum absolute atomic E-state index is 0.246. The number of hydrogen-bond donors (Lipinski definition) is 1. The lowest BCUT2D eigenvalue weighted by Gasteiger charge is -2.24. The minimum atomic E-state index is -0.637. The number of nitrogens with zero attached hydrogens (tertiary/aromatic N) is 1. The van der Waals surface area contributed by atoms with Crippen molar-refractivity contribution in [3.63, 3.8) is 0 Å². The molecule has 0 spiro atoms. The Morgan fingerprint density at radius 3 is 2.65 bits per heavy atom. The predicted octanol–water partition coefficient (Wildman–Crippen LogP) is 3.03. The summed E-state index contributed by atoms with van der Waals surface area (Å²) < 4.78 is 13.5. The van der Waals surface area contributed by atoms with Crippen molar-refractivity contribution in [2.75, 3.05) is 18.5 Å². The van der Waals surface area contributed by atoms with Gasteiger partial charge >= 0.3 is 0 Å². The van der Waals surface area contributed by atoms with Gasteiger partial charge < -0.3 is 10.0 Å². The van der Waals surface area contributed by atoms with E-state index in [4.69, 9.17) is 0 Å². The van der Waals surface area contributed by atoms with Crippen LogP contribution in [0.15, 0.2) is 12.1 Å². The Hall–Kier alpha value is -1.09. The topological polar surface area (TPSA) is 23.5 Å². The van der Waals surface area contributed by atoms with Gasteiger partial charge in [0.1, 0.15) is 5.82 Å². The lowest BCUT2D eigenvalue weighted by Crippen LogP contribution is -2.22. The molecule has 1 atom stereocenters. The van der Waals surface area contributed by atoms with Gasteiger partial charge in [-0.1, -0.05) is 0 Å². The highest BCUT2D eigenvalue weighted by Crippen LogP contribution is 2.34. The van der Waals surface area contributed by atoms with Crippen molar-refractivity contribution in [1.82, 2.24) is 0 Å².